The van der Waals surface area contributed by atoms with Crippen molar-refractivity contribution in [3.05, 3.63) is 52.6 Å². The number of nitro groups is 1. The topological polar surface area (TPSA) is 52.4 Å². The SMILES string of the molecule is COc1ccc(-c2cccc(S)c2[N+](=O)[O-])cc1. The van der Waals surface area contributed by atoms with E-state index in [9.17, 15) is 10.1 Å². The summed E-state index contributed by atoms with van der Waals surface area (Å²) in [5.74, 6) is 0.712. The second-order valence-corrected chi connectivity index (χ2v) is 4.14. The van der Waals surface area contributed by atoms with Gasteiger partial charge in [-0.25, -0.2) is 0 Å². The molecule has 0 saturated carbocycles. The molecule has 0 radical (unpaired) electrons. The maximum absolute atomic E-state index is 11.1. The third kappa shape index (κ3) is 2.31. The number of rotatable bonds is 3. The number of thiol groups is 1. The van der Waals surface area contributed by atoms with Crippen LogP contribution in [0.25, 0.3) is 11.1 Å². The number of benzene rings is 2. The minimum Gasteiger partial charge on any atom is -0.497 e. The third-order valence-electron chi connectivity index (χ3n) is 2.60. The Hall–Kier alpha value is -2.01. The quantitative estimate of drug-likeness (QED) is 0.522. The molecule has 0 aliphatic carbocycles. The molecule has 0 spiro atoms. The lowest BCUT2D eigenvalue weighted by atomic mass is 10.0. The van der Waals surface area contributed by atoms with E-state index < -0.39 is 4.92 Å². The van der Waals surface area contributed by atoms with Gasteiger partial charge >= 0.3 is 0 Å². The second kappa shape index (κ2) is 5.10. The van der Waals surface area contributed by atoms with Gasteiger partial charge in [0.05, 0.1) is 22.5 Å². The lowest BCUT2D eigenvalue weighted by Crippen LogP contribution is -1.93. The van der Waals surface area contributed by atoms with Crippen molar-refractivity contribution in [2.75, 3.05) is 7.11 Å². The first-order valence-corrected chi connectivity index (χ1v) is 5.69. The second-order valence-electron chi connectivity index (χ2n) is 3.66. The van der Waals surface area contributed by atoms with Crippen LogP contribution in [0.15, 0.2) is 47.4 Å². The first-order valence-electron chi connectivity index (χ1n) is 5.24. The lowest BCUT2D eigenvalue weighted by Gasteiger charge is -2.06. The molecule has 0 heterocycles. The van der Waals surface area contributed by atoms with Crippen LogP contribution in [0.1, 0.15) is 0 Å². The monoisotopic (exact) mass is 261 g/mol. The van der Waals surface area contributed by atoms with Gasteiger partial charge in [-0.1, -0.05) is 18.2 Å². The zero-order valence-electron chi connectivity index (χ0n) is 9.66. The van der Waals surface area contributed by atoms with E-state index in [2.05, 4.69) is 12.6 Å². The standard InChI is InChI=1S/C13H11NO3S/c1-17-10-7-5-9(6-8-10)11-3-2-4-12(18)13(11)14(15)16/h2-8,18H,1H3. The van der Waals surface area contributed by atoms with Crippen LogP contribution in [-0.2, 0) is 0 Å². The number of hydrogen-bond donors (Lipinski definition) is 1. The van der Waals surface area contributed by atoms with E-state index >= 15 is 0 Å². The highest BCUT2D eigenvalue weighted by atomic mass is 32.1. The number of nitro benzene ring substituents is 1. The van der Waals surface area contributed by atoms with Gasteiger partial charge in [0.25, 0.3) is 5.69 Å². The molecular formula is C13H11NO3S. The van der Waals surface area contributed by atoms with E-state index in [0.29, 0.717) is 16.2 Å². The van der Waals surface area contributed by atoms with Crippen molar-refractivity contribution < 1.29 is 9.66 Å². The highest BCUT2D eigenvalue weighted by Crippen LogP contribution is 2.35. The van der Waals surface area contributed by atoms with Gasteiger partial charge in [-0.3, -0.25) is 10.1 Å². The Morgan fingerprint density at radius 3 is 2.39 bits per heavy atom. The number of ether oxygens (including phenoxy) is 1. The van der Waals surface area contributed by atoms with Crippen molar-refractivity contribution in [2.24, 2.45) is 0 Å². The maximum atomic E-state index is 11.1. The van der Waals surface area contributed by atoms with Crippen LogP contribution in [0, 0.1) is 10.1 Å². The maximum Gasteiger partial charge on any atom is 0.290 e. The summed E-state index contributed by atoms with van der Waals surface area (Å²) in [4.78, 5) is 11.0. The van der Waals surface area contributed by atoms with E-state index in [1.165, 1.54) is 0 Å². The molecule has 0 N–H and O–H groups in total. The Labute approximate surface area is 110 Å². The molecule has 92 valence electrons. The fraction of sp³-hybridized carbons (Fsp3) is 0.0769. The molecule has 0 fully saturated rings. The van der Waals surface area contributed by atoms with Gasteiger partial charge in [0.2, 0.25) is 0 Å². The van der Waals surface area contributed by atoms with Gasteiger partial charge in [-0.2, -0.15) is 0 Å². The normalized spacial score (nSPS) is 10.1. The highest BCUT2D eigenvalue weighted by molar-refractivity contribution is 7.80. The molecule has 0 amide bonds. The molecule has 18 heavy (non-hydrogen) atoms. The van der Waals surface area contributed by atoms with Crippen LogP contribution in [0.4, 0.5) is 5.69 Å². The molecule has 2 aromatic carbocycles. The van der Waals surface area contributed by atoms with E-state index in [0.717, 1.165) is 5.56 Å². The Bertz CT molecular complexity index is 581. The minimum atomic E-state index is -0.415. The van der Waals surface area contributed by atoms with Crippen molar-refractivity contribution in [1.29, 1.82) is 0 Å². The number of methoxy groups -OCH3 is 1. The van der Waals surface area contributed by atoms with Crippen LogP contribution >= 0.6 is 12.6 Å². The molecule has 0 bridgehead atoms. The Morgan fingerprint density at radius 1 is 1.17 bits per heavy atom. The molecule has 2 rings (SSSR count). The molecule has 2 aromatic rings. The zero-order chi connectivity index (χ0) is 13.1. The molecular weight excluding hydrogens is 250 g/mol. The van der Waals surface area contributed by atoms with Gasteiger partial charge in [0.15, 0.2) is 0 Å². The minimum absolute atomic E-state index is 0.0194. The Balaban J connectivity index is 2.56. The summed E-state index contributed by atoms with van der Waals surface area (Å²) in [6, 6.07) is 12.2. The summed E-state index contributed by atoms with van der Waals surface area (Å²) < 4.78 is 5.06. The van der Waals surface area contributed by atoms with Gasteiger partial charge in [-0.05, 0) is 29.8 Å². The summed E-state index contributed by atoms with van der Waals surface area (Å²) in [5, 5.41) is 11.1. The average molecular weight is 261 g/mol. The molecule has 4 nitrogen and oxygen atoms in total. The predicted molar refractivity (Wildman–Crippen MR) is 72.3 cm³/mol. The molecule has 0 atom stereocenters. The molecule has 0 aromatic heterocycles. The van der Waals surface area contributed by atoms with Crippen molar-refractivity contribution in [1.82, 2.24) is 0 Å². The summed E-state index contributed by atoms with van der Waals surface area (Å²) in [5.41, 5.74) is 1.33. The first-order chi connectivity index (χ1) is 8.63. The zero-order valence-corrected chi connectivity index (χ0v) is 10.6. The van der Waals surface area contributed by atoms with E-state index in [1.54, 1.807) is 49.6 Å². The summed E-state index contributed by atoms with van der Waals surface area (Å²) in [6.45, 7) is 0. The van der Waals surface area contributed by atoms with E-state index in [-0.39, 0.29) is 5.69 Å². The molecule has 0 aliphatic rings. The molecule has 0 saturated heterocycles. The van der Waals surface area contributed by atoms with Crippen LogP contribution in [0.2, 0.25) is 0 Å². The van der Waals surface area contributed by atoms with Crippen molar-refractivity contribution >= 4 is 18.3 Å². The predicted octanol–water partition coefficient (Wildman–Crippen LogP) is 3.56. The largest absolute Gasteiger partial charge is 0.497 e. The lowest BCUT2D eigenvalue weighted by molar-refractivity contribution is -0.387. The highest BCUT2D eigenvalue weighted by Gasteiger charge is 2.18. The smallest absolute Gasteiger partial charge is 0.290 e. The van der Waals surface area contributed by atoms with Crippen LogP contribution in [-0.4, -0.2) is 12.0 Å². The fourth-order valence-corrected chi connectivity index (χ4v) is 2.01. The summed E-state index contributed by atoms with van der Waals surface area (Å²) in [7, 11) is 1.58. The van der Waals surface area contributed by atoms with E-state index in [1.807, 2.05) is 0 Å². The number of nitrogens with zero attached hydrogens (tertiary/aromatic N) is 1. The Kier molecular flexibility index (Phi) is 3.53. The number of hydrogen-bond acceptors (Lipinski definition) is 4. The Morgan fingerprint density at radius 2 is 1.83 bits per heavy atom. The van der Waals surface area contributed by atoms with Crippen molar-refractivity contribution in [2.45, 2.75) is 4.90 Å². The molecule has 5 heteroatoms. The van der Waals surface area contributed by atoms with Gasteiger partial charge in [0.1, 0.15) is 5.75 Å². The van der Waals surface area contributed by atoms with Crippen molar-refractivity contribution in [3.63, 3.8) is 0 Å². The van der Waals surface area contributed by atoms with E-state index in [4.69, 9.17) is 4.74 Å². The molecule has 0 aliphatic heterocycles. The van der Waals surface area contributed by atoms with Gasteiger partial charge in [-0.15, -0.1) is 12.6 Å². The molecule has 0 unspecified atom stereocenters. The first kappa shape index (κ1) is 12.4. The average Bonchev–Trinajstić information content (AvgIpc) is 2.38. The van der Waals surface area contributed by atoms with Crippen LogP contribution in [0.5, 0.6) is 5.75 Å². The van der Waals surface area contributed by atoms with Crippen LogP contribution < -0.4 is 4.74 Å². The fourth-order valence-electron chi connectivity index (χ4n) is 1.73. The number of para-hydroxylation sites is 1. The summed E-state index contributed by atoms with van der Waals surface area (Å²) >= 11 is 4.13. The van der Waals surface area contributed by atoms with Gasteiger partial charge < -0.3 is 4.74 Å². The third-order valence-corrected chi connectivity index (χ3v) is 2.96. The van der Waals surface area contributed by atoms with Gasteiger partial charge in [0, 0.05) is 0 Å². The summed E-state index contributed by atoms with van der Waals surface area (Å²) in [6.07, 6.45) is 0. The van der Waals surface area contributed by atoms with Crippen LogP contribution in [0.3, 0.4) is 0 Å². The van der Waals surface area contributed by atoms with Crippen molar-refractivity contribution in [3.8, 4) is 16.9 Å².